The number of anilines is 1. The normalized spacial score (nSPS) is 16.6. The molecule has 4 rings (SSSR count). The number of aryl methyl sites for hydroxylation is 1. The van der Waals surface area contributed by atoms with Crippen LogP contribution in [0.25, 0.3) is 10.9 Å². The zero-order valence-corrected chi connectivity index (χ0v) is 15.8. The van der Waals surface area contributed by atoms with E-state index in [2.05, 4.69) is 14.8 Å². The number of benzene rings is 2. The van der Waals surface area contributed by atoms with E-state index in [1.807, 2.05) is 56.3 Å². The molecule has 1 aromatic heterocycles. The number of aromatic nitrogens is 1. The summed E-state index contributed by atoms with van der Waals surface area (Å²) in [4.78, 5) is 21.0. The number of carbonyl (C=O) groups is 1. The lowest BCUT2D eigenvalue weighted by Crippen LogP contribution is -2.51. The Bertz CT molecular complexity index is 971. The molecule has 1 saturated heterocycles. The number of carbonyl (C=O) groups excluding carboxylic acids is 1. The molecule has 3 aromatic rings. The number of hydrogen-bond donors (Lipinski definition) is 2. The molecule has 0 aliphatic carbocycles. The summed E-state index contributed by atoms with van der Waals surface area (Å²) in [5.41, 5.74) is 3.61. The minimum Gasteiger partial charge on any atom is -0.506 e. The van der Waals surface area contributed by atoms with Gasteiger partial charge in [-0.3, -0.25) is 9.69 Å². The third kappa shape index (κ3) is 3.19. The first-order valence-electron chi connectivity index (χ1n) is 9.45. The maximum atomic E-state index is 13.2. The summed E-state index contributed by atoms with van der Waals surface area (Å²) in [6, 6.07) is 15.2. The van der Waals surface area contributed by atoms with E-state index in [9.17, 15) is 9.90 Å². The highest BCUT2D eigenvalue weighted by atomic mass is 16.3. The number of Topliss-reactive ketones (excluding diaryl/α,β-unsaturated/α-hetero) is 1. The molecule has 0 radical (unpaired) electrons. The molecule has 27 heavy (non-hydrogen) atoms. The predicted octanol–water partition coefficient (Wildman–Crippen LogP) is 3.58. The maximum absolute atomic E-state index is 13.2. The number of piperazine rings is 1. The van der Waals surface area contributed by atoms with Crippen molar-refractivity contribution >= 4 is 22.4 Å². The van der Waals surface area contributed by atoms with Crippen molar-refractivity contribution in [3.8, 4) is 5.75 Å². The monoisotopic (exact) mass is 363 g/mol. The van der Waals surface area contributed by atoms with Crippen LogP contribution in [0.3, 0.4) is 0 Å². The lowest BCUT2D eigenvalue weighted by Gasteiger charge is -2.38. The molecule has 5 heteroatoms. The first-order chi connectivity index (χ1) is 13.1. The van der Waals surface area contributed by atoms with Crippen molar-refractivity contribution < 1.29 is 9.90 Å². The van der Waals surface area contributed by atoms with E-state index >= 15 is 0 Å². The molecule has 0 saturated carbocycles. The fraction of sp³-hybridized carbons (Fsp3) is 0.318. The van der Waals surface area contributed by atoms with Crippen LogP contribution >= 0.6 is 0 Å². The molecule has 0 spiro atoms. The van der Waals surface area contributed by atoms with Crippen LogP contribution in [0.4, 0.5) is 5.69 Å². The van der Waals surface area contributed by atoms with E-state index in [-0.39, 0.29) is 11.8 Å². The Labute approximate surface area is 159 Å². The Balaban J connectivity index is 1.49. The second kappa shape index (κ2) is 7.08. The smallest absolute Gasteiger partial charge is 0.182 e. The molecule has 140 valence electrons. The van der Waals surface area contributed by atoms with Gasteiger partial charge in [0, 0.05) is 48.3 Å². The van der Waals surface area contributed by atoms with Gasteiger partial charge in [-0.2, -0.15) is 0 Å². The quantitative estimate of drug-likeness (QED) is 0.696. The molecule has 1 fully saturated rings. The number of phenolic OH excluding ortho intramolecular Hbond substituents is 1. The largest absolute Gasteiger partial charge is 0.506 e. The van der Waals surface area contributed by atoms with Gasteiger partial charge in [0.1, 0.15) is 5.75 Å². The fourth-order valence-electron chi connectivity index (χ4n) is 4.05. The zero-order chi connectivity index (χ0) is 19.0. The molecule has 1 aliphatic heterocycles. The third-order valence-corrected chi connectivity index (χ3v) is 5.60. The topological polar surface area (TPSA) is 59.6 Å². The summed E-state index contributed by atoms with van der Waals surface area (Å²) in [7, 11) is 0. The Morgan fingerprint density at radius 2 is 1.70 bits per heavy atom. The van der Waals surface area contributed by atoms with Crippen molar-refractivity contribution in [2.75, 3.05) is 31.1 Å². The van der Waals surface area contributed by atoms with E-state index < -0.39 is 0 Å². The predicted molar refractivity (Wildman–Crippen MR) is 109 cm³/mol. The van der Waals surface area contributed by atoms with Gasteiger partial charge in [0.2, 0.25) is 0 Å². The number of fused-ring (bicyclic) bond motifs is 1. The van der Waals surface area contributed by atoms with Gasteiger partial charge in [0.05, 0.1) is 11.7 Å². The van der Waals surface area contributed by atoms with Crippen molar-refractivity contribution in [2.45, 2.75) is 19.9 Å². The number of rotatable bonds is 4. The van der Waals surface area contributed by atoms with Crippen LogP contribution in [0.5, 0.6) is 5.75 Å². The van der Waals surface area contributed by atoms with Crippen LogP contribution in [0.2, 0.25) is 0 Å². The number of ketones is 1. The summed E-state index contributed by atoms with van der Waals surface area (Å²) in [5.74, 6) is 0.477. The van der Waals surface area contributed by atoms with Crippen molar-refractivity contribution in [1.82, 2.24) is 9.88 Å². The van der Waals surface area contributed by atoms with Crippen molar-refractivity contribution in [3.63, 3.8) is 0 Å². The fourth-order valence-corrected chi connectivity index (χ4v) is 4.05. The van der Waals surface area contributed by atoms with Crippen LogP contribution < -0.4 is 4.90 Å². The van der Waals surface area contributed by atoms with E-state index in [1.165, 1.54) is 0 Å². The number of para-hydroxylation sites is 3. The molecule has 2 aromatic carbocycles. The van der Waals surface area contributed by atoms with Crippen molar-refractivity contribution in [2.24, 2.45) is 0 Å². The van der Waals surface area contributed by atoms with Gasteiger partial charge in [-0.05, 0) is 32.0 Å². The maximum Gasteiger partial charge on any atom is 0.182 e. The number of aromatic amines is 1. The molecule has 1 atom stereocenters. The van der Waals surface area contributed by atoms with Crippen LogP contribution in [-0.2, 0) is 0 Å². The summed E-state index contributed by atoms with van der Waals surface area (Å²) in [6.45, 7) is 7.14. The number of aromatic hydroxyl groups is 1. The van der Waals surface area contributed by atoms with Crippen molar-refractivity contribution in [1.29, 1.82) is 0 Å². The number of H-pyrrole nitrogens is 1. The van der Waals surface area contributed by atoms with Gasteiger partial charge < -0.3 is 15.0 Å². The Hall–Kier alpha value is -2.79. The van der Waals surface area contributed by atoms with Gasteiger partial charge >= 0.3 is 0 Å². The van der Waals surface area contributed by atoms with Crippen LogP contribution in [0.1, 0.15) is 23.0 Å². The number of hydrogen-bond acceptors (Lipinski definition) is 4. The molecule has 5 nitrogen and oxygen atoms in total. The molecular formula is C22H25N3O2. The second-order valence-electron chi connectivity index (χ2n) is 7.22. The standard InChI is InChI=1S/C22H25N3O2/c1-15-21(17-7-3-4-8-18(17)23-15)22(27)16(2)24-11-13-25(14-12-24)19-9-5-6-10-20(19)26/h3-10,16,23,26H,11-14H2,1-2H3/t16-/m0/s1. The highest BCUT2D eigenvalue weighted by molar-refractivity contribution is 6.11. The van der Waals surface area contributed by atoms with E-state index in [1.54, 1.807) is 6.07 Å². The molecule has 0 amide bonds. The lowest BCUT2D eigenvalue weighted by atomic mass is 10.0. The van der Waals surface area contributed by atoms with Gasteiger partial charge in [-0.1, -0.05) is 30.3 Å². The van der Waals surface area contributed by atoms with Crippen LogP contribution in [0.15, 0.2) is 48.5 Å². The lowest BCUT2D eigenvalue weighted by molar-refractivity contribution is 0.0831. The first kappa shape index (κ1) is 17.6. The van der Waals surface area contributed by atoms with E-state index in [4.69, 9.17) is 0 Å². The highest BCUT2D eigenvalue weighted by Crippen LogP contribution is 2.28. The minimum atomic E-state index is -0.172. The van der Waals surface area contributed by atoms with Gasteiger partial charge in [0.15, 0.2) is 5.78 Å². The zero-order valence-electron chi connectivity index (χ0n) is 15.8. The Morgan fingerprint density at radius 1 is 1.04 bits per heavy atom. The number of nitrogens with zero attached hydrogens (tertiary/aromatic N) is 2. The van der Waals surface area contributed by atoms with Gasteiger partial charge in [-0.25, -0.2) is 0 Å². The van der Waals surface area contributed by atoms with E-state index in [0.29, 0.717) is 5.75 Å². The average Bonchev–Trinajstić information content (AvgIpc) is 3.03. The molecule has 1 aliphatic rings. The van der Waals surface area contributed by atoms with Crippen LogP contribution in [0, 0.1) is 6.92 Å². The molecule has 2 heterocycles. The average molecular weight is 363 g/mol. The summed E-state index contributed by atoms with van der Waals surface area (Å²) < 4.78 is 0. The van der Waals surface area contributed by atoms with Gasteiger partial charge in [0.25, 0.3) is 0 Å². The summed E-state index contributed by atoms with van der Waals surface area (Å²) >= 11 is 0. The minimum absolute atomic E-state index is 0.168. The Morgan fingerprint density at radius 3 is 2.44 bits per heavy atom. The Kier molecular flexibility index (Phi) is 4.62. The first-order valence-corrected chi connectivity index (χ1v) is 9.45. The summed E-state index contributed by atoms with van der Waals surface area (Å²) in [5, 5.41) is 11.1. The van der Waals surface area contributed by atoms with E-state index in [0.717, 1.165) is 54.0 Å². The molecule has 0 bridgehead atoms. The number of nitrogens with one attached hydrogen (secondary N) is 1. The second-order valence-corrected chi connectivity index (χ2v) is 7.22. The molecule has 0 unspecified atom stereocenters. The van der Waals surface area contributed by atoms with Crippen molar-refractivity contribution in [3.05, 3.63) is 59.8 Å². The highest BCUT2D eigenvalue weighted by Gasteiger charge is 2.29. The SMILES string of the molecule is Cc1[nH]c2ccccc2c1C(=O)[C@H](C)N1CCN(c2ccccc2O)CC1. The summed E-state index contributed by atoms with van der Waals surface area (Å²) in [6.07, 6.45) is 0. The van der Waals surface area contributed by atoms with Gasteiger partial charge in [-0.15, -0.1) is 0 Å². The molecule has 2 N–H and O–H groups in total. The number of phenols is 1. The third-order valence-electron chi connectivity index (χ3n) is 5.60. The van der Waals surface area contributed by atoms with Crippen LogP contribution in [-0.4, -0.2) is 53.0 Å². The molecular weight excluding hydrogens is 338 g/mol.